The minimum absolute atomic E-state index is 0.0845. The summed E-state index contributed by atoms with van der Waals surface area (Å²) in [4.78, 5) is 52.2. The molecule has 0 bridgehead atoms. The van der Waals surface area contributed by atoms with Gasteiger partial charge in [-0.1, -0.05) is 30.3 Å². The number of carbonyl (C=O) groups is 4. The van der Waals surface area contributed by atoms with Crippen molar-refractivity contribution in [3.05, 3.63) is 95.6 Å². The molecule has 0 saturated carbocycles. The van der Waals surface area contributed by atoms with E-state index in [2.05, 4.69) is 10.7 Å². The Hall–Kier alpha value is -4.39. The van der Waals surface area contributed by atoms with Crippen LogP contribution in [0.2, 0.25) is 0 Å². The highest BCUT2D eigenvalue weighted by molar-refractivity contribution is 7.89. The lowest BCUT2D eigenvalue weighted by atomic mass is 10.1. The van der Waals surface area contributed by atoms with Gasteiger partial charge in [0.05, 0.1) is 22.6 Å². The number of hydrogen-bond acceptors (Lipinski definition) is 7. The minimum Gasteiger partial charge on any atom is -0.325 e. The van der Waals surface area contributed by atoms with Crippen LogP contribution in [0, 0.1) is 0 Å². The molecule has 2 N–H and O–H groups in total. The Morgan fingerprint density at radius 2 is 1.31 bits per heavy atom. The summed E-state index contributed by atoms with van der Waals surface area (Å²) in [6.07, 6.45) is 0. The van der Waals surface area contributed by atoms with Crippen LogP contribution >= 0.6 is 0 Å². The van der Waals surface area contributed by atoms with E-state index in [9.17, 15) is 27.6 Å². The third-order valence-corrected chi connectivity index (χ3v) is 8.43. The third kappa shape index (κ3) is 5.43. The molecular formula is C27H25N5O6S. The molecule has 2 aliphatic rings. The summed E-state index contributed by atoms with van der Waals surface area (Å²) < 4.78 is 27.0. The van der Waals surface area contributed by atoms with Crippen LogP contribution in [0.4, 0.5) is 5.69 Å². The van der Waals surface area contributed by atoms with Crippen LogP contribution in [-0.2, 0) is 14.8 Å². The zero-order valence-corrected chi connectivity index (χ0v) is 21.6. The molecule has 200 valence electrons. The van der Waals surface area contributed by atoms with Gasteiger partial charge in [0.25, 0.3) is 17.7 Å². The second-order valence-corrected chi connectivity index (χ2v) is 11.0. The van der Waals surface area contributed by atoms with Crippen LogP contribution in [0.5, 0.6) is 0 Å². The first-order valence-corrected chi connectivity index (χ1v) is 13.6. The normalized spacial score (nSPS) is 16.2. The molecule has 1 saturated heterocycles. The Labute approximate surface area is 225 Å². The smallest absolute Gasteiger partial charge is 0.280 e. The first-order chi connectivity index (χ1) is 18.7. The zero-order chi connectivity index (χ0) is 27.6. The monoisotopic (exact) mass is 547 g/mol. The molecule has 11 nitrogen and oxygen atoms in total. The Morgan fingerprint density at radius 3 is 1.90 bits per heavy atom. The summed E-state index contributed by atoms with van der Waals surface area (Å²) in [6, 6.07) is 20.6. The first-order valence-electron chi connectivity index (χ1n) is 12.2. The lowest BCUT2D eigenvalue weighted by Gasteiger charge is -2.33. The highest BCUT2D eigenvalue weighted by atomic mass is 32.2. The van der Waals surface area contributed by atoms with Crippen molar-refractivity contribution in [1.29, 1.82) is 0 Å². The SMILES string of the molecule is O=C(CN1CCN(S(=O)(=O)c2ccccc2)CC1)Nc1ccc(C(=O)NN2C(=O)c3ccccc3C2=O)cc1. The molecule has 0 unspecified atom stereocenters. The van der Waals surface area contributed by atoms with Crippen LogP contribution in [0.15, 0.2) is 83.8 Å². The predicted molar refractivity (Wildman–Crippen MR) is 141 cm³/mol. The molecular weight excluding hydrogens is 522 g/mol. The van der Waals surface area contributed by atoms with Crippen molar-refractivity contribution in [1.82, 2.24) is 19.6 Å². The van der Waals surface area contributed by atoms with Gasteiger partial charge < -0.3 is 5.32 Å². The first kappa shape index (κ1) is 26.2. The lowest BCUT2D eigenvalue weighted by molar-refractivity contribution is -0.117. The van der Waals surface area contributed by atoms with Crippen molar-refractivity contribution in [2.45, 2.75) is 4.90 Å². The van der Waals surface area contributed by atoms with E-state index >= 15 is 0 Å². The van der Waals surface area contributed by atoms with Crippen LogP contribution < -0.4 is 10.7 Å². The van der Waals surface area contributed by atoms with Crippen LogP contribution in [0.1, 0.15) is 31.1 Å². The lowest BCUT2D eigenvalue weighted by Crippen LogP contribution is -2.50. The number of hydrazine groups is 1. The number of nitrogens with one attached hydrogen (secondary N) is 2. The van der Waals surface area contributed by atoms with Crippen LogP contribution in [0.3, 0.4) is 0 Å². The molecule has 0 aromatic heterocycles. The molecule has 2 heterocycles. The maximum absolute atomic E-state index is 12.8. The fourth-order valence-corrected chi connectivity index (χ4v) is 5.88. The average molecular weight is 548 g/mol. The number of carbonyl (C=O) groups excluding carboxylic acids is 4. The van der Waals surface area contributed by atoms with Crippen molar-refractivity contribution >= 4 is 39.3 Å². The molecule has 3 aromatic rings. The largest absolute Gasteiger partial charge is 0.325 e. The van der Waals surface area contributed by atoms with Crippen molar-refractivity contribution < 1.29 is 27.6 Å². The minimum atomic E-state index is -3.57. The van der Waals surface area contributed by atoms with Gasteiger partial charge in [0.2, 0.25) is 15.9 Å². The Bertz CT molecular complexity index is 1500. The fourth-order valence-electron chi connectivity index (χ4n) is 4.43. The Balaban J connectivity index is 1.11. The number of imide groups is 1. The van der Waals surface area contributed by atoms with Gasteiger partial charge in [0, 0.05) is 37.4 Å². The summed E-state index contributed by atoms with van der Waals surface area (Å²) in [7, 11) is -3.57. The third-order valence-electron chi connectivity index (χ3n) is 6.52. The maximum atomic E-state index is 12.8. The van der Waals surface area contributed by atoms with Gasteiger partial charge >= 0.3 is 0 Å². The molecule has 0 aliphatic carbocycles. The summed E-state index contributed by atoms with van der Waals surface area (Å²) in [5, 5.41) is 3.45. The molecule has 5 rings (SSSR count). The molecule has 1 fully saturated rings. The van der Waals surface area contributed by atoms with Gasteiger partial charge in [-0.3, -0.25) is 29.5 Å². The molecule has 4 amide bonds. The summed E-state index contributed by atoms with van der Waals surface area (Å²) >= 11 is 0. The number of piperazine rings is 1. The van der Waals surface area contributed by atoms with Crippen molar-refractivity contribution in [3.8, 4) is 0 Å². The van der Waals surface area contributed by atoms with Crippen molar-refractivity contribution in [2.24, 2.45) is 0 Å². The van der Waals surface area contributed by atoms with E-state index < -0.39 is 27.7 Å². The fraction of sp³-hybridized carbons (Fsp3) is 0.185. The van der Waals surface area contributed by atoms with Gasteiger partial charge in [0.15, 0.2) is 0 Å². The van der Waals surface area contributed by atoms with Crippen LogP contribution in [0.25, 0.3) is 0 Å². The van der Waals surface area contributed by atoms with E-state index in [4.69, 9.17) is 0 Å². The van der Waals surface area contributed by atoms with Gasteiger partial charge in [-0.25, -0.2) is 8.42 Å². The summed E-state index contributed by atoms with van der Waals surface area (Å²) in [5.74, 6) is -2.14. The van der Waals surface area contributed by atoms with E-state index in [1.54, 1.807) is 54.6 Å². The van der Waals surface area contributed by atoms with Gasteiger partial charge in [-0.15, -0.1) is 0 Å². The number of sulfonamides is 1. The zero-order valence-electron chi connectivity index (χ0n) is 20.7. The average Bonchev–Trinajstić information content (AvgIpc) is 3.19. The highest BCUT2D eigenvalue weighted by Crippen LogP contribution is 2.21. The molecule has 12 heteroatoms. The van der Waals surface area contributed by atoms with Crippen molar-refractivity contribution in [2.75, 3.05) is 38.0 Å². The standard InChI is InChI=1S/C27H25N5O6S/c33-24(18-30-14-16-31(17-15-30)39(37,38)21-6-2-1-3-7-21)28-20-12-10-19(11-13-20)25(34)29-32-26(35)22-8-4-5-9-23(22)27(32)36/h1-13H,14-18H2,(H,28,33)(H,29,34). The maximum Gasteiger partial charge on any atom is 0.280 e. The number of anilines is 1. The second kappa shape index (κ2) is 10.8. The summed E-state index contributed by atoms with van der Waals surface area (Å²) in [6.45, 7) is 1.47. The number of amides is 4. The molecule has 3 aromatic carbocycles. The molecule has 0 atom stereocenters. The summed E-state index contributed by atoms with van der Waals surface area (Å²) in [5.41, 5.74) is 3.44. The van der Waals surface area contributed by atoms with E-state index in [-0.39, 0.29) is 47.1 Å². The van der Waals surface area contributed by atoms with E-state index in [0.29, 0.717) is 23.8 Å². The van der Waals surface area contributed by atoms with Crippen LogP contribution in [-0.4, -0.2) is 79.0 Å². The number of rotatable bonds is 7. The predicted octanol–water partition coefficient (Wildman–Crippen LogP) is 1.57. The number of nitrogens with zero attached hydrogens (tertiary/aromatic N) is 3. The molecule has 39 heavy (non-hydrogen) atoms. The van der Waals surface area contributed by atoms with E-state index in [1.165, 1.54) is 28.6 Å². The molecule has 0 spiro atoms. The Kier molecular flexibility index (Phi) is 7.24. The number of fused-ring (bicyclic) bond motifs is 1. The quantitative estimate of drug-likeness (QED) is 0.429. The van der Waals surface area contributed by atoms with Gasteiger partial charge in [-0.2, -0.15) is 9.31 Å². The van der Waals surface area contributed by atoms with Crippen molar-refractivity contribution in [3.63, 3.8) is 0 Å². The van der Waals surface area contributed by atoms with E-state index in [0.717, 1.165) is 0 Å². The van der Waals surface area contributed by atoms with E-state index in [1.807, 2.05) is 4.90 Å². The second-order valence-electron chi connectivity index (χ2n) is 9.05. The van der Waals surface area contributed by atoms with Gasteiger partial charge in [0.1, 0.15) is 0 Å². The number of hydrogen-bond donors (Lipinski definition) is 2. The van der Waals surface area contributed by atoms with Gasteiger partial charge in [-0.05, 0) is 48.5 Å². The molecule has 0 radical (unpaired) electrons. The Morgan fingerprint density at radius 1 is 0.744 bits per heavy atom. The topological polar surface area (TPSA) is 136 Å². The molecule has 2 aliphatic heterocycles. The number of benzene rings is 3. The highest BCUT2D eigenvalue weighted by Gasteiger charge is 2.36.